The van der Waals surface area contributed by atoms with Crippen LogP contribution in [-0.2, 0) is 13.1 Å². The molecule has 0 aliphatic rings. The molecule has 3 N–H and O–H groups in total. The Kier molecular flexibility index (Phi) is 4.45. The molecule has 6 nitrogen and oxygen atoms in total. The van der Waals surface area contributed by atoms with Crippen LogP contribution in [0.25, 0.3) is 0 Å². The van der Waals surface area contributed by atoms with Crippen molar-refractivity contribution < 1.29 is 4.79 Å². The number of hydrogen-bond acceptors (Lipinski definition) is 5. The lowest BCUT2D eigenvalue weighted by Crippen LogP contribution is -2.22. The van der Waals surface area contributed by atoms with Crippen molar-refractivity contribution in [3.05, 3.63) is 32.7 Å². The molecule has 0 atom stereocenters. The molecule has 0 aliphatic heterocycles. The van der Waals surface area contributed by atoms with Crippen molar-refractivity contribution in [3.8, 4) is 0 Å². The van der Waals surface area contributed by atoms with Crippen LogP contribution in [0.1, 0.15) is 15.4 Å². The summed E-state index contributed by atoms with van der Waals surface area (Å²) in [6, 6.07) is 1.95. The molecular weight excluding hydrogens is 318 g/mol. The fourth-order valence-electron chi connectivity index (χ4n) is 1.35. The van der Waals surface area contributed by atoms with Gasteiger partial charge in [0.2, 0.25) is 0 Å². The first-order valence-electron chi connectivity index (χ1n) is 5.31. The van der Waals surface area contributed by atoms with Gasteiger partial charge in [-0.1, -0.05) is 5.21 Å². The van der Waals surface area contributed by atoms with Gasteiger partial charge in [0.15, 0.2) is 5.69 Å². The van der Waals surface area contributed by atoms with Crippen molar-refractivity contribution in [1.82, 2.24) is 20.3 Å². The number of nitrogens with two attached hydrogens (primary N) is 1. The van der Waals surface area contributed by atoms with Crippen LogP contribution in [0.15, 0.2) is 22.1 Å². The molecule has 0 saturated heterocycles. The summed E-state index contributed by atoms with van der Waals surface area (Å²) in [5.74, 6) is -0.237. The van der Waals surface area contributed by atoms with Crippen LogP contribution in [0, 0.1) is 0 Å². The third-order valence-corrected chi connectivity index (χ3v) is 4.16. The fourth-order valence-corrected chi connectivity index (χ4v) is 2.78. The maximum absolute atomic E-state index is 11.8. The second-order valence-corrected chi connectivity index (χ2v) is 5.38. The van der Waals surface area contributed by atoms with Gasteiger partial charge >= 0.3 is 0 Å². The number of halogens is 1. The number of carbonyl (C=O) groups is 1. The Morgan fingerprint density at radius 1 is 1.61 bits per heavy atom. The summed E-state index contributed by atoms with van der Waals surface area (Å²) in [6.07, 6.45) is 1.59. The van der Waals surface area contributed by atoms with E-state index < -0.39 is 0 Å². The molecule has 0 radical (unpaired) electrons. The molecule has 8 heteroatoms. The molecule has 2 heterocycles. The summed E-state index contributed by atoms with van der Waals surface area (Å²) >= 11 is 4.99. The third-order valence-electron chi connectivity index (χ3n) is 2.23. The number of thiophene rings is 1. The number of rotatable bonds is 5. The standard InChI is InChI=1S/C10H12BrN5OS/c11-7-1-4-18-9(7)5-13-10(17)8-6-16(3-2-12)15-14-8/h1,4,6H,2-3,5,12H2,(H,13,17). The highest BCUT2D eigenvalue weighted by molar-refractivity contribution is 9.10. The first-order valence-corrected chi connectivity index (χ1v) is 6.98. The van der Waals surface area contributed by atoms with E-state index in [2.05, 4.69) is 31.6 Å². The van der Waals surface area contributed by atoms with E-state index in [9.17, 15) is 4.79 Å². The predicted molar refractivity (Wildman–Crippen MR) is 72.3 cm³/mol. The normalized spacial score (nSPS) is 10.6. The minimum Gasteiger partial charge on any atom is -0.346 e. The highest BCUT2D eigenvalue weighted by Gasteiger charge is 2.11. The van der Waals surface area contributed by atoms with Gasteiger partial charge in [0.1, 0.15) is 0 Å². The van der Waals surface area contributed by atoms with Crippen LogP contribution in [0.3, 0.4) is 0 Å². The second kappa shape index (κ2) is 6.07. The molecule has 2 aromatic rings. The van der Waals surface area contributed by atoms with Gasteiger partial charge in [0.25, 0.3) is 5.91 Å². The summed E-state index contributed by atoms with van der Waals surface area (Å²) in [7, 11) is 0. The minimum atomic E-state index is -0.237. The number of hydrogen-bond donors (Lipinski definition) is 2. The van der Waals surface area contributed by atoms with E-state index in [4.69, 9.17) is 5.73 Å². The number of nitrogens with zero attached hydrogens (tertiary/aromatic N) is 3. The van der Waals surface area contributed by atoms with E-state index in [1.54, 1.807) is 22.2 Å². The first kappa shape index (κ1) is 13.2. The van der Waals surface area contributed by atoms with Gasteiger partial charge in [-0.15, -0.1) is 16.4 Å². The van der Waals surface area contributed by atoms with E-state index in [1.807, 2.05) is 11.4 Å². The molecule has 0 bridgehead atoms. The lowest BCUT2D eigenvalue weighted by Gasteiger charge is -2.01. The summed E-state index contributed by atoms with van der Waals surface area (Å²) < 4.78 is 2.55. The van der Waals surface area contributed by atoms with E-state index in [-0.39, 0.29) is 5.91 Å². The van der Waals surface area contributed by atoms with Gasteiger partial charge in [-0.05, 0) is 27.4 Å². The minimum absolute atomic E-state index is 0.237. The lowest BCUT2D eigenvalue weighted by atomic mass is 10.4. The maximum Gasteiger partial charge on any atom is 0.273 e. The van der Waals surface area contributed by atoms with Crippen molar-refractivity contribution in [3.63, 3.8) is 0 Å². The highest BCUT2D eigenvalue weighted by Crippen LogP contribution is 2.22. The van der Waals surface area contributed by atoms with Crippen LogP contribution in [-0.4, -0.2) is 27.4 Å². The van der Waals surface area contributed by atoms with Crippen LogP contribution in [0.5, 0.6) is 0 Å². The van der Waals surface area contributed by atoms with Crippen LogP contribution >= 0.6 is 27.3 Å². The Balaban J connectivity index is 1.93. The molecule has 2 aromatic heterocycles. The summed E-state index contributed by atoms with van der Waals surface area (Å²) in [5.41, 5.74) is 5.69. The largest absolute Gasteiger partial charge is 0.346 e. The van der Waals surface area contributed by atoms with E-state index >= 15 is 0 Å². The molecule has 96 valence electrons. The SMILES string of the molecule is NCCn1cc(C(=O)NCc2sccc2Br)nn1. The second-order valence-electron chi connectivity index (χ2n) is 3.53. The van der Waals surface area contributed by atoms with Crippen molar-refractivity contribution in [1.29, 1.82) is 0 Å². The van der Waals surface area contributed by atoms with Gasteiger partial charge in [-0.2, -0.15) is 0 Å². The average molecular weight is 330 g/mol. The molecule has 0 saturated carbocycles. The summed E-state index contributed by atoms with van der Waals surface area (Å²) in [6.45, 7) is 1.49. The Morgan fingerprint density at radius 2 is 2.44 bits per heavy atom. The molecular formula is C10H12BrN5OS. The molecule has 0 unspecified atom stereocenters. The Labute approximate surface area is 116 Å². The van der Waals surface area contributed by atoms with Gasteiger partial charge < -0.3 is 11.1 Å². The first-order chi connectivity index (χ1) is 8.70. The number of amides is 1. The third kappa shape index (κ3) is 3.15. The van der Waals surface area contributed by atoms with Crippen molar-refractivity contribution in [2.45, 2.75) is 13.1 Å². The van der Waals surface area contributed by atoms with Gasteiger partial charge in [0, 0.05) is 15.9 Å². The molecule has 0 spiro atoms. The Morgan fingerprint density at radius 3 is 3.11 bits per heavy atom. The number of nitrogens with one attached hydrogen (secondary N) is 1. The Bertz CT molecular complexity index is 538. The zero-order valence-electron chi connectivity index (χ0n) is 9.47. The van der Waals surface area contributed by atoms with Crippen LogP contribution in [0.4, 0.5) is 0 Å². The zero-order valence-corrected chi connectivity index (χ0v) is 11.9. The highest BCUT2D eigenvalue weighted by atomic mass is 79.9. The molecule has 18 heavy (non-hydrogen) atoms. The predicted octanol–water partition coefficient (Wildman–Crippen LogP) is 0.991. The Hall–Kier alpha value is -1.25. The van der Waals surface area contributed by atoms with Crippen molar-refractivity contribution in [2.75, 3.05) is 6.54 Å². The van der Waals surface area contributed by atoms with E-state index in [1.165, 1.54) is 0 Å². The maximum atomic E-state index is 11.8. The molecule has 0 fully saturated rings. The van der Waals surface area contributed by atoms with E-state index in [0.717, 1.165) is 9.35 Å². The average Bonchev–Trinajstić information content (AvgIpc) is 2.96. The van der Waals surface area contributed by atoms with Crippen molar-refractivity contribution in [2.24, 2.45) is 5.73 Å². The van der Waals surface area contributed by atoms with Crippen LogP contribution in [0.2, 0.25) is 0 Å². The van der Waals surface area contributed by atoms with Gasteiger partial charge in [0.05, 0.1) is 19.3 Å². The molecule has 2 rings (SSSR count). The van der Waals surface area contributed by atoms with E-state index in [0.29, 0.717) is 25.3 Å². The molecule has 1 amide bonds. The quantitative estimate of drug-likeness (QED) is 0.856. The molecule has 0 aliphatic carbocycles. The smallest absolute Gasteiger partial charge is 0.273 e. The molecule has 0 aromatic carbocycles. The van der Waals surface area contributed by atoms with Crippen molar-refractivity contribution >= 4 is 33.2 Å². The zero-order chi connectivity index (χ0) is 13.0. The topological polar surface area (TPSA) is 85.8 Å². The fraction of sp³-hybridized carbons (Fsp3) is 0.300. The lowest BCUT2D eigenvalue weighted by molar-refractivity contribution is 0.0946. The summed E-state index contributed by atoms with van der Waals surface area (Å²) in [4.78, 5) is 12.9. The monoisotopic (exact) mass is 329 g/mol. The number of aromatic nitrogens is 3. The van der Waals surface area contributed by atoms with Gasteiger partial charge in [-0.25, -0.2) is 0 Å². The number of carbonyl (C=O) groups excluding carboxylic acids is 1. The van der Waals surface area contributed by atoms with Crippen LogP contribution < -0.4 is 11.1 Å². The van der Waals surface area contributed by atoms with Gasteiger partial charge in [-0.3, -0.25) is 9.48 Å². The summed E-state index contributed by atoms with van der Waals surface area (Å²) in [5, 5.41) is 12.4.